The number of amides is 2. The van der Waals surface area contributed by atoms with E-state index in [1.54, 1.807) is 0 Å². The van der Waals surface area contributed by atoms with Gasteiger partial charge in [0.25, 0.3) is 5.91 Å². The average Bonchev–Trinajstić information content (AvgIpc) is 2.55. The van der Waals surface area contributed by atoms with Crippen molar-refractivity contribution in [3.05, 3.63) is 35.9 Å². The minimum Gasteiger partial charge on any atom is -0.445 e. The van der Waals surface area contributed by atoms with Crippen LogP contribution < -0.4 is 21.5 Å². The van der Waals surface area contributed by atoms with E-state index < -0.39 is 18.0 Å². The Hall–Kier alpha value is -2.35. The molecule has 1 aromatic carbocycles. The highest BCUT2D eigenvalue weighted by atomic mass is 32.1. The Balaban J connectivity index is 2.48. The van der Waals surface area contributed by atoms with E-state index in [9.17, 15) is 9.59 Å². The van der Waals surface area contributed by atoms with Crippen LogP contribution in [0.5, 0.6) is 0 Å². The molecular weight excluding hydrogens is 340 g/mol. The van der Waals surface area contributed by atoms with Gasteiger partial charge in [0, 0.05) is 6.04 Å². The van der Waals surface area contributed by atoms with Crippen LogP contribution in [0.4, 0.5) is 4.79 Å². The predicted molar refractivity (Wildman–Crippen MR) is 101 cm³/mol. The van der Waals surface area contributed by atoms with E-state index in [1.807, 2.05) is 58.0 Å². The first kappa shape index (κ1) is 20.7. The van der Waals surface area contributed by atoms with Gasteiger partial charge in [0.15, 0.2) is 5.11 Å². The number of nitrogens with one attached hydrogen (secondary N) is 4. The van der Waals surface area contributed by atoms with Crippen molar-refractivity contribution in [3.8, 4) is 0 Å². The molecule has 0 aliphatic heterocycles. The van der Waals surface area contributed by atoms with Gasteiger partial charge in [-0.15, -0.1) is 0 Å². The molecule has 0 saturated heterocycles. The smallest absolute Gasteiger partial charge is 0.408 e. The van der Waals surface area contributed by atoms with Crippen molar-refractivity contribution in [2.24, 2.45) is 5.92 Å². The number of hydrazine groups is 1. The molecule has 0 aromatic heterocycles. The Morgan fingerprint density at radius 3 is 2.24 bits per heavy atom. The van der Waals surface area contributed by atoms with Crippen LogP contribution in [0.15, 0.2) is 30.3 Å². The van der Waals surface area contributed by atoms with Gasteiger partial charge in [-0.3, -0.25) is 15.6 Å². The Kier molecular flexibility index (Phi) is 8.69. The number of alkyl carbamates (subject to hydrolysis) is 1. The van der Waals surface area contributed by atoms with Gasteiger partial charge in [-0.25, -0.2) is 4.79 Å². The number of rotatable bonds is 6. The summed E-state index contributed by atoms with van der Waals surface area (Å²) in [7, 11) is 0. The quantitative estimate of drug-likeness (QED) is 0.454. The summed E-state index contributed by atoms with van der Waals surface area (Å²) in [6.45, 7) is 7.65. The summed E-state index contributed by atoms with van der Waals surface area (Å²) in [5.41, 5.74) is 5.96. The Morgan fingerprint density at radius 2 is 1.68 bits per heavy atom. The van der Waals surface area contributed by atoms with Gasteiger partial charge in [-0.05, 0) is 37.5 Å². The first-order valence-corrected chi connectivity index (χ1v) is 8.54. The van der Waals surface area contributed by atoms with E-state index >= 15 is 0 Å². The molecule has 2 amide bonds. The fourth-order valence-corrected chi connectivity index (χ4v) is 2.21. The van der Waals surface area contributed by atoms with Gasteiger partial charge < -0.3 is 15.4 Å². The highest BCUT2D eigenvalue weighted by molar-refractivity contribution is 7.80. The first-order chi connectivity index (χ1) is 11.8. The van der Waals surface area contributed by atoms with Crippen LogP contribution in [-0.4, -0.2) is 29.2 Å². The Morgan fingerprint density at radius 1 is 1.04 bits per heavy atom. The molecule has 25 heavy (non-hydrogen) atoms. The molecule has 0 unspecified atom stereocenters. The molecule has 1 atom stereocenters. The maximum atomic E-state index is 12.3. The molecule has 138 valence electrons. The molecular formula is C17H26N4O3S. The Labute approximate surface area is 153 Å². The molecule has 1 aromatic rings. The van der Waals surface area contributed by atoms with Crippen molar-refractivity contribution >= 4 is 29.3 Å². The number of carbonyl (C=O) groups excluding carboxylic acids is 2. The lowest BCUT2D eigenvalue weighted by Gasteiger charge is -2.22. The van der Waals surface area contributed by atoms with Crippen LogP contribution in [0.25, 0.3) is 0 Å². The molecule has 0 aliphatic carbocycles. The first-order valence-electron chi connectivity index (χ1n) is 8.13. The fraction of sp³-hybridized carbons (Fsp3) is 0.471. The number of hydrogen-bond acceptors (Lipinski definition) is 4. The standard InChI is InChI=1S/C17H26N4O3S/c1-11(2)14(15(22)20-21-16(25)18-12(3)4)19-17(23)24-10-13-8-6-5-7-9-13/h5-9,11-12,14H,10H2,1-4H3,(H,19,23)(H,20,22)(H2,18,21,25)/t14-/m0/s1. The summed E-state index contributed by atoms with van der Waals surface area (Å²) in [5, 5.41) is 5.82. The second kappa shape index (κ2) is 10.5. The number of ether oxygens (including phenoxy) is 1. The molecule has 0 aliphatic rings. The zero-order valence-electron chi connectivity index (χ0n) is 15.0. The van der Waals surface area contributed by atoms with Gasteiger partial charge in [-0.1, -0.05) is 44.2 Å². The second-order valence-electron chi connectivity index (χ2n) is 6.17. The monoisotopic (exact) mass is 366 g/mol. The third-order valence-electron chi connectivity index (χ3n) is 3.15. The molecule has 7 nitrogen and oxygen atoms in total. The van der Waals surface area contributed by atoms with Crippen molar-refractivity contribution in [2.75, 3.05) is 0 Å². The van der Waals surface area contributed by atoms with Gasteiger partial charge in [0.1, 0.15) is 12.6 Å². The summed E-state index contributed by atoms with van der Waals surface area (Å²) in [6.07, 6.45) is -0.652. The van der Waals surface area contributed by atoms with Crippen molar-refractivity contribution in [2.45, 2.75) is 46.4 Å². The van der Waals surface area contributed by atoms with Crippen LogP contribution in [-0.2, 0) is 16.1 Å². The summed E-state index contributed by atoms with van der Waals surface area (Å²) >= 11 is 5.04. The van der Waals surface area contributed by atoms with E-state index in [0.717, 1.165) is 5.56 Å². The van der Waals surface area contributed by atoms with Crippen molar-refractivity contribution in [3.63, 3.8) is 0 Å². The molecule has 0 heterocycles. The van der Waals surface area contributed by atoms with Crippen molar-refractivity contribution < 1.29 is 14.3 Å². The molecule has 0 spiro atoms. The highest BCUT2D eigenvalue weighted by Gasteiger charge is 2.25. The maximum Gasteiger partial charge on any atom is 0.408 e. The SMILES string of the molecule is CC(C)NC(=S)NNC(=O)[C@@H](NC(=O)OCc1ccccc1)C(C)C. The zero-order chi connectivity index (χ0) is 18.8. The average molecular weight is 366 g/mol. The predicted octanol–water partition coefficient (Wildman–Crippen LogP) is 1.84. The third-order valence-corrected chi connectivity index (χ3v) is 3.37. The topological polar surface area (TPSA) is 91.5 Å². The number of hydrogen-bond donors (Lipinski definition) is 4. The minimum atomic E-state index is -0.752. The summed E-state index contributed by atoms with van der Waals surface area (Å²) in [6, 6.07) is 8.70. The maximum absolute atomic E-state index is 12.3. The van der Waals surface area contributed by atoms with Crippen LogP contribution in [0.3, 0.4) is 0 Å². The number of carbonyl (C=O) groups is 2. The Bertz CT molecular complexity index is 579. The largest absolute Gasteiger partial charge is 0.445 e. The second-order valence-corrected chi connectivity index (χ2v) is 6.58. The van der Waals surface area contributed by atoms with Crippen molar-refractivity contribution in [1.29, 1.82) is 0 Å². The van der Waals surface area contributed by atoms with Gasteiger partial charge in [0.05, 0.1) is 0 Å². The van der Waals surface area contributed by atoms with Crippen LogP contribution >= 0.6 is 12.2 Å². The minimum absolute atomic E-state index is 0.127. The van der Waals surface area contributed by atoms with E-state index in [4.69, 9.17) is 17.0 Å². The molecule has 1 rings (SSSR count). The summed E-state index contributed by atoms with van der Waals surface area (Å²) in [4.78, 5) is 24.2. The molecule has 0 bridgehead atoms. The number of thiocarbonyl (C=S) groups is 1. The molecule has 0 fully saturated rings. The van der Waals surface area contributed by atoms with E-state index in [2.05, 4.69) is 21.5 Å². The summed E-state index contributed by atoms with van der Waals surface area (Å²) < 4.78 is 5.15. The molecule has 0 radical (unpaired) electrons. The normalized spacial score (nSPS) is 11.6. The third kappa shape index (κ3) is 8.35. The lowest BCUT2D eigenvalue weighted by atomic mass is 10.0. The van der Waals surface area contributed by atoms with Gasteiger partial charge >= 0.3 is 6.09 Å². The van der Waals surface area contributed by atoms with Crippen LogP contribution in [0.1, 0.15) is 33.3 Å². The van der Waals surface area contributed by atoms with Crippen LogP contribution in [0, 0.1) is 5.92 Å². The number of benzene rings is 1. The molecule has 8 heteroatoms. The van der Waals surface area contributed by atoms with Gasteiger partial charge in [0.2, 0.25) is 0 Å². The van der Waals surface area contributed by atoms with E-state index in [0.29, 0.717) is 5.11 Å². The van der Waals surface area contributed by atoms with E-state index in [1.165, 1.54) is 0 Å². The zero-order valence-corrected chi connectivity index (χ0v) is 15.8. The van der Waals surface area contributed by atoms with E-state index in [-0.39, 0.29) is 18.6 Å². The molecule has 4 N–H and O–H groups in total. The van der Waals surface area contributed by atoms with Gasteiger partial charge in [-0.2, -0.15) is 0 Å². The van der Waals surface area contributed by atoms with Crippen molar-refractivity contribution in [1.82, 2.24) is 21.5 Å². The fourth-order valence-electron chi connectivity index (χ4n) is 1.92. The lowest BCUT2D eigenvalue weighted by molar-refractivity contribution is -0.124. The van der Waals surface area contributed by atoms with Crippen LogP contribution in [0.2, 0.25) is 0 Å². The summed E-state index contributed by atoms with van der Waals surface area (Å²) in [5.74, 6) is -0.530. The molecule has 0 saturated carbocycles. The highest BCUT2D eigenvalue weighted by Crippen LogP contribution is 2.04. The lowest BCUT2D eigenvalue weighted by Crippen LogP contribution is -2.56.